The summed E-state index contributed by atoms with van der Waals surface area (Å²) >= 11 is 1.68. The molecule has 0 spiro atoms. The van der Waals surface area contributed by atoms with Gasteiger partial charge in [0.25, 0.3) is 0 Å². The van der Waals surface area contributed by atoms with Crippen LogP contribution in [0.3, 0.4) is 0 Å². The molecule has 0 aliphatic carbocycles. The van der Waals surface area contributed by atoms with Gasteiger partial charge in [0.1, 0.15) is 0 Å². The monoisotopic (exact) mass is 286 g/mol. The molecule has 0 N–H and O–H groups in total. The molecule has 0 heterocycles. The van der Waals surface area contributed by atoms with Crippen molar-refractivity contribution in [1.29, 1.82) is 0 Å². The lowest BCUT2D eigenvalue weighted by molar-refractivity contribution is -0.140. The smallest absolute Gasteiger partial charge is 0.306 e. The molecule has 2 atom stereocenters. The molecule has 0 aromatic heterocycles. The number of hydrogen-bond donors (Lipinski definition) is 0. The Morgan fingerprint density at radius 3 is 2.67 bits per heavy atom. The molecule has 18 heavy (non-hydrogen) atoms. The molecule has 0 aliphatic rings. The maximum atomic E-state index is 11.9. The van der Waals surface area contributed by atoms with Crippen LogP contribution in [0.2, 0.25) is 0 Å². The number of methoxy groups -OCH3 is 1. The first-order valence-electron chi connectivity index (χ1n) is 5.75. The topological polar surface area (TPSA) is 43.4 Å². The molecule has 0 aliphatic heterocycles. The van der Waals surface area contributed by atoms with Crippen molar-refractivity contribution in [2.45, 2.75) is 23.5 Å². The van der Waals surface area contributed by atoms with E-state index in [2.05, 4.69) is 4.74 Å². The van der Waals surface area contributed by atoms with E-state index in [0.29, 0.717) is 5.75 Å². The van der Waals surface area contributed by atoms with Crippen molar-refractivity contribution in [3.63, 3.8) is 0 Å². The van der Waals surface area contributed by atoms with Crippen LogP contribution in [0, 0.1) is 0 Å². The number of carbonyl (C=O) groups excluding carboxylic acids is 1. The van der Waals surface area contributed by atoms with Crippen molar-refractivity contribution >= 4 is 28.5 Å². The molecule has 1 aromatic carbocycles. The minimum Gasteiger partial charge on any atom is -0.469 e. The van der Waals surface area contributed by atoms with Crippen molar-refractivity contribution in [3.8, 4) is 0 Å². The molecule has 3 nitrogen and oxygen atoms in total. The summed E-state index contributed by atoms with van der Waals surface area (Å²) in [5, 5.41) is -0.145. The Morgan fingerprint density at radius 1 is 1.39 bits per heavy atom. The summed E-state index contributed by atoms with van der Waals surface area (Å²) < 4.78 is 16.4. The zero-order valence-corrected chi connectivity index (χ0v) is 12.3. The molecule has 5 heteroatoms. The average molecular weight is 286 g/mol. The predicted molar refractivity (Wildman–Crippen MR) is 76.3 cm³/mol. The molecule has 0 bridgehead atoms. The van der Waals surface area contributed by atoms with E-state index < -0.39 is 10.8 Å². The summed E-state index contributed by atoms with van der Waals surface area (Å²) in [7, 11) is 0.368. The fourth-order valence-electron chi connectivity index (χ4n) is 1.37. The van der Waals surface area contributed by atoms with Crippen molar-refractivity contribution < 1.29 is 13.7 Å². The van der Waals surface area contributed by atoms with E-state index in [1.807, 2.05) is 37.3 Å². The van der Waals surface area contributed by atoms with Crippen LogP contribution in [-0.4, -0.2) is 34.0 Å². The third-order valence-corrected chi connectivity index (χ3v) is 5.37. The molecule has 0 saturated heterocycles. The van der Waals surface area contributed by atoms with Gasteiger partial charge in [-0.25, -0.2) is 0 Å². The quantitative estimate of drug-likeness (QED) is 0.570. The molecule has 100 valence electrons. The fraction of sp³-hybridized carbons (Fsp3) is 0.462. The van der Waals surface area contributed by atoms with Crippen molar-refractivity contribution in [2.24, 2.45) is 0 Å². The number of benzene rings is 1. The minimum atomic E-state index is -0.982. The highest BCUT2D eigenvalue weighted by Gasteiger charge is 2.15. The van der Waals surface area contributed by atoms with Crippen LogP contribution in [0.5, 0.6) is 0 Å². The first-order valence-corrected chi connectivity index (χ1v) is 8.12. The summed E-state index contributed by atoms with van der Waals surface area (Å²) in [6, 6.07) is 10.0. The second kappa shape index (κ2) is 8.32. The number of thioether (sulfide) groups is 1. The van der Waals surface area contributed by atoms with E-state index in [1.54, 1.807) is 11.8 Å². The number of ether oxygens (including phenoxy) is 1. The lowest BCUT2D eigenvalue weighted by atomic mass is 10.3. The Kier molecular flexibility index (Phi) is 7.05. The van der Waals surface area contributed by atoms with Gasteiger partial charge in [-0.05, 0) is 12.1 Å². The summed E-state index contributed by atoms with van der Waals surface area (Å²) in [6.07, 6.45) is 0.221. The van der Waals surface area contributed by atoms with Gasteiger partial charge >= 0.3 is 5.97 Å². The highest BCUT2D eigenvalue weighted by Crippen LogP contribution is 2.17. The fourth-order valence-corrected chi connectivity index (χ4v) is 3.67. The van der Waals surface area contributed by atoms with Crippen LogP contribution in [-0.2, 0) is 20.3 Å². The minimum absolute atomic E-state index is 0.145. The van der Waals surface area contributed by atoms with Crippen LogP contribution >= 0.6 is 11.8 Å². The maximum Gasteiger partial charge on any atom is 0.306 e. The zero-order valence-electron chi connectivity index (χ0n) is 10.6. The van der Waals surface area contributed by atoms with E-state index in [0.717, 1.165) is 5.75 Å². The predicted octanol–water partition coefficient (Wildman–Crippen LogP) is 2.48. The van der Waals surface area contributed by atoms with Gasteiger partial charge in [0.15, 0.2) is 0 Å². The third kappa shape index (κ3) is 5.69. The van der Waals surface area contributed by atoms with Crippen LogP contribution in [0.4, 0.5) is 0 Å². The molecular formula is C13H18O3S2. The number of esters is 1. The number of hydrogen-bond acceptors (Lipinski definition) is 4. The molecular weight excluding hydrogens is 268 g/mol. The van der Waals surface area contributed by atoms with Gasteiger partial charge in [-0.3, -0.25) is 9.00 Å². The average Bonchev–Trinajstić information content (AvgIpc) is 2.39. The van der Waals surface area contributed by atoms with Gasteiger partial charge in [-0.15, -0.1) is 11.8 Å². The standard InChI is InChI=1S/C13H18O3S2/c1-11(10-13(14)16-2)18(15)9-8-17-12-6-4-3-5-7-12/h3-7,11H,8-10H2,1-2H3. The normalized spacial score (nSPS) is 13.9. The molecule has 2 unspecified atom stereocenters. The Hall–Kier alpha value is -0.810. The molecule has 0 radical (unpaired) electrons. The van der Waals surface area contributed by atoms with Crippen LogP contribution < -0.4 is 0 Å². The summed E-state index contributed by atoms with van der Waals surface area (Å²) in [4.78, 5) is 12.2. The van der Waals surface area contributed by atoms with Crippen molar-refractivity contribution in [3.05, 3.63) is 30.3 Å². The number of rotatable bonds is 7. The molecule has 1 rings (SSSR count). The van der Waals surface area contributed by atoms with Crippen molar-refractivity contribution in [2.75, 3.05) is 18.6 Å². The first kappa shape index (κ1) is 15.2. The van der Waals surface area contributed by atoms with Crippen molar-refractivity contribution in [1.82, 2.24) is 0 Å². The van der Waals surface area contributed by atoms with E-state index in [-0.39, 0.29) is 17.6 Å². The SMILES string of the molecule is COC(=O)CC(C)S(=O)CCSc1ccccc1. The van der Waals surface area contributed by atoms with Crippen LogP contribution in [0.15, 0.2) is 35.2 Å². The number of carbonyl (C=O) groups is 1. The van der Waals surface area contributed by atoms with E-state index >= 15 is 0 Å². The lowest BCUT2D eigenvalue weighted by Crippen LogP contribution is -2.19. The Balaban J connectivity index is 2.26. The first-order chi connectivity index (χ1) is 8.63. The third-order valence-electron chi connectivity index (χ3n) is 2.43. The summed E-state index contributed by atoms with van der Waals surface area (Å²) in [5.74, 6) is 1.09. The molecule has 0 amide bonds. The lowest BCUT2D eigenvalue weighted by Gasteiger charge is -2.09. The van der Waals surface area contributed by atoms with Gasteiger partial charge in [-0.1, -0.05) is 25.1 Å². The highest BCUT2D eigenvalue weighted by atomic mass is 32.2. The Bertz CT molecular complexity index is 392. The molecule has 1 aromatic rings. The van der Waals surface area contributed by atoms with Gasteiger partial charge in [0, 0.05) is 32.5 Å². The van der Waals surface area contributed by atoms with Gasteiger partial charge in [0.2, 0.25) is 0 Å². The maximum absolute atomic E-state index is 11.9. The second-order valence-electron chi connectivity index (χ2n) is 3.84. The van der Waals surface area contributed by atoms with Gasteiger partial charge < -0.3 is 4.74 Å². The van der Waals surface area contributed by atoms with E-state index in [4.69, 9.17) is 0 Å². The molecule has 0 saturated carbocycles. The van der Waals surface area contributed by atoms with Crippen LogP contribution in [0.25, 0.3) is 0 Å². The van der Waals surface area contributed by atoms with E-state index in [1.165, 1.54) is 12.0 Å². The second-order valence-corrected chi connectivity index (χ2v) is 6.98. The van der Waals surface area contributed by atoms with Gasteiger partial charge in [-0.2, -0.15) is 0 Å². The summed E-state index contributed by atoms with van der Waals surface area (Å²) in [5.41, 5.74) is 0. The Labute approximate surface area is 115 Å². The Morgan fingerprint density at radius 2 is 2.06 bits per heavy atom. The van der Waals surface area contributed by atoms with Crippen LogP contribution in [0.1, 0.15) is 13.3 Å². The van der Waals surface area contributed by atoms with E-state index in [9.17, 15) is 9.00 Å². The van der Waals surface area contributed by atoms with Gasteiger partial charge in [0.05, 0.1) is 13.5 Å². The molecule has 0 fully saturated rings. The highest BCUT2D eigenvalue weighted by molar-refractivity contribution is 8.00. The zero-order chi connectivity index (χ0) is 13.4. The largest absolute Gasteiger partial charge is 0.469 e. The summed E-state index contributed by atoms with van der Waals surface area (Å²) in [6.45, 7) is 1.82.